The Balaban J connectivity index is 1.78. The Labute approximate surface area is 122 Å². The first-order valence-corrected chi connectivity index (χ1v) is 8.33. The van der Waals surface area contributed by atoms with Crippen LogP contribution in [-0.2, 0) is 6.54 Å². The molecule has 0 atom stereocenters. The molecule has 2 fully saturated rings. The number of rotatable bonds is 5. The molecule has 2 N–H and O–H groups in total. The minimum absolute atomic E-state index is 0.217. The standard InChI is InChI=1S/C17H28N2O/c18-14-17(10-4-2-1-3-5-11-17)19(15-8-9-15)13-16-7-6-12-20-16/h6-7,12,15H,1-5,8-11,13-14,18H2. The van der Waals surface area contributed by atoms with Crippen molar-refractivity contribution < 1.29 is 4.42 Å². The third kappa shape index (κ3) is 3.09. The second-order valence-corrected chi connectivity index (χ2v) is 6.63. The number of nitrogens with two attached hydrogens (primary N) is 1. The van der Waals surface area contributed by atoms with Gasteiger partial charge in [0.25, 0.3) is 0 Å². The predicted octanol–water partition coefficient (Wildman–Crippen LogP) is 3.69. The van der Waals surface area contributed by atoms with Gasteiger partial charge in [0.1, 0.15) is 5.76 Å². The zero-order valence-corrected chi connectivity index (χ0v) is 12.5. The SMILES string of the molecule is NCC1(N(Cc2ccco2)C2CC2)CCCCCCC1. The molecule has 2 aliphatic carbocycles. The van der Waals surface area contributed by atoms with Crippen molar-refractivity contribution in [2.24, 2.45) is 5.73 Å². The van der Waals surface area contributed by atoms with Gasteiger partial charge in [-0.25, -0.2) is 0 Å². The molecule has 0 spiro atoms. The van der Waals surface area contributed by atoms with Crippen molar-refractivity contribution in [3.63, 3.8) is 0 Å². The summed E-state index contributed by atoms with van der Waals surface area (Å²) in [7, 11) is 0. The number of hydrogen-bond acceptors (Lipinski definition) is 3. The van der Waals surface area contributed by atoms with Crippen LogP contribution in [0.25, 0.3) is 0 Å². The van der Waals surface area contributed by atoms with E-state index in [1.165, 1.54) is 57.8 Å². The Morgan fingerprint density at radius 2 is 1.85 bits per heavy atom. The molecule has 0 unspecified atom stereocenters. The first-order chi connectivity index (χ1) is 9.84. The van der Waals surface area contributed by atoms with Crippen LogP contribution in [0.3, 0.4) is 0 Å². The molecule has 1 heterocycles. The van der Waals surface area contributed by atoms with Gasteiger partial charge in [-0.15, -0.1) is 0 Å². The first kappa shape index (κ1) is 14.2. The van der Waals surface area contributed by atoms with Crippen LogP contribution in [0.15, 0.2) is 22.8 Å². The lowest BCUT2D eigenvalue weighted by molar-refractivity contribution is 0.0447. The van der Waals surface area contributed by atoms with Gasteiger partial charge in [0.15, 0.2) is 0 Å². The topological polar surface area (TPSA) is 42.4 Å². The van der Waals surface area contributed by atoms with Crippen molar-refractivity contribution in [1.29, 1.82) is 0 Å². The van der Waals surface area contributed by atoms with Gasteiger partial charge in [0.05, 0.1) is 12.8 Å². The molecule has 20 heavy (non-hydrogen) atoms. The summed E-state index contributed by atoms with van der Waals surface area (Å²) in [5.41, 5.74) is 6.50. The molecule has 0 radical (unpaired) electrons. The third-order valence-electron chi connectivity index (χ3n) is 5.17. The minimum atomic E-state index is 0.217. The van der Waals surface area contributed by atoms with Gasteiger partial charge >= 0.3 is 0 Å². The summed E-state index contributed by atoms with van der Waals surface area (Å²) in [5.74, 6) is 1.09. The van der Waals surface area contributed by atoms with Gasteiger partial charge in [-0.3, -0.25) is 4.90 Å². The number of hydrogen-bond donors (Lipinski definition) is 1. The quantitative estimate of drug-likeness (QED) is 0.892. The number of nitrogens with zero attached hydrogens (tertiary/aromatic N) is 1. The zero-order valence-electron chi connectivity index (χ0n) is 12.5. The van der Waals surface area contributed by atoms with E-state index in [1.54, 1.807) is 6.26 Å². The summed E-state index contributed by atoms with van der Waals surface area (Å²) in [4.78, 5) is 2.69. The summed E-state index contributed by atoms with van der Waals surface area (Å²) >= 11 is 0. The Morgan fingerprint density at radius 1 is 1.15 bits per heavy atom. The van der Waals surface area contributed by atoms with E-state index in [4.69, 9.17) is 10.2 Å². The van der Waals surface area contributed by atoms with Crippen molar-refractivity contribution in [3.05, 3.63) is 24.2 Å². The molecule has 3 rings (SSSR count). The summed E-state index contributed by atoms with van der Waals surface area (Å²) in [5, 5.41) is 0. The van der Waals surface area contributed by atoms with Crippen LogP contribution < -0.4 is 5.73 Å². The summed E-state index contributed by atoms with van der Waals surface area (Å²) in [6, 6.07) is 4.83. The second-order valence-electron chi connectivity index (χ2n) is 6.63. The van der Waals surface area contributed by atoms with Gasteiger partial charge in [0, 0.05) is 18.1 Å². The molecular weight excluding hydrogens is 248 g/mol. The molecular formula is C17H28N2O. The highest BCUT2D eigenvalue weighted by Crippen LogP contribution is 2.40. The van der Waals surface area contributed by atoms with Crippen LogP contribution in [0.2, 0.25) is 0 Å². The molecule has 0 bridgehead atoms. The summed E-state index contributed by atoms with van der Waals surface area (Å²) < 4.78 is 5.60. The van der Waals surface area contributed by atoms with E-state index in [0.29, 0.717) is 0 Å². The monoisotopic (exact) mass is 276 g/mol. The maximum atomic E-state index is 6.28. The minimum Gasteiger partial charge on any atom is -0.468 e. The highest BCUT2D eigenvalue weighted by Gasteiger charge is 2.43. The van der Waals surface area contributed by atoms with Crippen LogP contribution in [-0.4, -0.2) is 23.0 Å². The highest BCUT2D eigenvalue weighted by molar-refractivity contribution is 5.05. The molecule has 3 nitrogen and oxygen atoms in total. The molecule has 1 aromatic heterocycles. The highest BCUT2D eigenvalue weighted by atomic mass is 16.3. The molecule has 0 aromatic carbocycles. The fraction of sp³-hybridized carbons (Fsp3) is 0.765. The molecule has 112 valence electrons. The summed E-state index contributed by atoms with van der Waals surface area (Å²) in [6.45, 7) is 1.74. The normalized spacial score (nSPS) is 23.5. The first-order valence-electron chi connectivity index (χ1n) is 8.33. The number of furan rings is 1. The smallest absolute Gasteiger partial charge is 0.117 e. The summed E-state index contributed by atoms with van der Waals surface area (Å²) in [6.07, 6.45) is 13.8. The van der Waals surface area contributed by atoms with Crippen LogP contribution in [0.1, 0.15) is 63.5 Å². The van der Waals surface area contributed by atoms with Crippen molar-refractivity contribution in [2.75, 3.05) is 6.54 Å². The predicted molar refractivity (Wildman–Crippen MR) is 81.4 cm³/mol. The Kier molecular flexibility index (Phi) is 4.47. The maximum Gasteiger partial charge on any atom is 0.117 e. The molecule has 0 saturated heterocycles. The molecule has 0 amide bonds. The largest absolute Gasteiger partial charge is 0.468 e. The van der Waals surface area contributed by atoms with Gasteiger partial charge in [-0.1, -0.05) is 32.1 Å². The van der Waals surface area contributed by atoms with Crippen LogP contribution in [0.4, 0.5) is 0 Å². The fourth-order valence-electron chi connectivity index (χ4n) is 3.81. The van der Waals surface area contributed by atoms with E-state index >= 15 is 0 Å². The van der Waals surface area contributed by atoms with Crippen LogP contribution in [0, 0.1) is 0 Å². The molecule has 1 aromatic rings. The maximum absolute atomic E-state index is 6.28. The van der Waals surface area contributed by atoms with E-state index in [0.717, 1.165) is 24.9 Å². The average Bonchev–Trinajstić information content (AvgIpc) is 3.14. The van der Waals surface area contributed by atoms with Gasteiger partial charge in [-0.2, -0.15) is 0 Å². The molecule has 2 saturated carbocycles. The van der Waals surface area contributed by atoms with E-state index in [9.17, 15) is 0 Å². The van der Waals surface area contributed by atoms with Crippen molar-refractivity contribution >= 4 is 0 Å². The second kappa shape index (κ2) is 6.31. The van der Waals surface area contributed by atoms with Crippen LogP contribution >= 0.6 is 0 Å². The lowest BCUT2D eigenvalue weighted by atomic mass is 9.82. The van der Waals surface area contributed by atoms with Crippen molar-refractivity contribution in [2.45, 2.75) is 75.9 Å². The molecule has 2 aliphatic rings. The average molecular weight is 276 g/mol. The Hall–Kier alpha value is -0.800. The van der Waals surface area contributed by atoms with E-state index in [2.05, 4.69) is 11.0 Å². The van der Waals surface area contributed by atoms with E-state index < -0.39 is 0 Å². The lowest BCUT2D eigenvalue weighted by Crippen LogP contribution is -2.54. The molecule has 3 heteroatoms. The van der Waals surface area contributed by atoms with E-state index in [-0.39, 0.29) is 5.54 Å². The van der Waals surface area contributed by atoms with E-state index in [1.807, 2.05) is 6.07 Å². The van der Waals surface area contributed by atoms with Gasteiger partial charge < -0.3 is 10.2 Å². The molecule has 0 aliphatic heterocycles. The third-order valence-corrected chi connectivity index (χ3v) is 5.17. The fourth-order valence-corrected chi connectivity index (χ4v) is 3.81. The van der Waals surface area contributed by atoms with Gasteiger partial charge in [-0.05, 0) is 37.8 Å². The zero-order chi connectivity index (χ0) is 13.8. The van der Waals surface area contributed by atoms with Crippen molar-refractivity contribution in [3.8, 4) is 0 Å². The van der Waals surface area contributed by atoms with Crippen LogP contribution in [0.5, 0.6) is 0 Å². The Morgan fingerprint density at radius 3 is 2.40 bits per heavy atom. The lowest BCUT2D eigenvalue weighted by Gasteiger charge is -2.45. The Bertz CT molecular complexity index is 389. The van der Waals surface area contributed by atoms with Gasteiger partial charge in [0.2, 0.25) is 0 Å². The van der Waals surface area contributed by atoms with Crippen molar-refractivity contribution in [1.82, 2.24) is 4.90 Å².